The molecule has 4 atom stereocenters. The molecule has 0 amide bonds. The van der Waals surface area contributed by atoms with Crippen molar-refractivity contribution >= 4 is 36.7 Å². The number of imidazole rings is 1. The van der Waals surface area contributed by atoms with Gasteiger partial charge < -0.3 is 25.0 Å². The number of anilines is 2. The maximum atomic E-state index is 12.4. The Morgan fingerprint density at radius 2 is 2.00 bits per heavy atom. The van der Waals surface area contributed by atoms with E-state index in [-0.39, 0.29) is 24.5 Å². The van der Waals surface area contributed by atoms with Gasteiger partial charge in [0.2, 0.25) is 5.95 Å². The summed E-state index contributed by atoms with van der Waals surface area (Å²) in [5.74, 6) is -0.347. The van der Waals surface area contributed by atoms with Crippen molar-refractivity contribution in [2.75, 3.05) is 24.3 Å². The molecule has 1 fully saturated rings. The third-order valence-electron chi connectivity index (χ3n) is 7.19. The van der Waals surface area contributed by atoms with E-state index in [2.05, 4.69) is 37.9 Å². The summed E-state index contributed by atoms with van der Waals surface area (Å²) in [6, 6.07) is 9.60. The van der Waals surface area contributed by atoms with Gasteiger partial charge in [-0.3, -0.25) is 9.42 Å². The molecule has 0 aliphatic heterocycles. The number of phosphoric ester groups is 1. The number of aryl methyl sites for hydroxylation is 1. The summed E-state index contributed by atoms with van der Waals surface area (Å²) in [7, 11) is -4.62. The number of nitrogen functional groups attached to an aromatic ring is 1. The van der Waals surface area contributed by atoms with Gasteiger partial charge in [0.05, 0.1) is 25.6 Å². The van der Waals surface area contributed by atoms with E-state index >= 15 is 0 Å². The molecule has 14 heteroatoms. The van der Waals surface area contributed by atoms with Crippen molar-refractivity contribution in [1.29, 1.82) is 0 Å². The van der Waals surface area contributed by atoms with Crippen LogP contribution in [-0.2, 0) is 29.7 Å². The van der Waals surface area contributed by atoms with Gasteiger partial charge in [-0.1, -0.05) is 48.9 Å². The molecule has 2 aliphatic carbocycles. The van der Waals surface area contributed by atoms with Gasteiger partial charge in [-0.15, -0.1) is 0 Å². The van der Waals surface area contributed by atoms with Crippen LogP contribution in [0.1, 0.15) is 57.1 Å². The SMILES string of the molecule is C[C@H](NOCCCCCc1ccccc1)C(=O)OP(=O)(O)OC[C@@H]1C=C[C@H](n2cnc3c(NC4CC4)nc(N)nc32)C1. The molecule has 2 heterocycles. The van der Waals surface area contributed by atoms with Crippen molar-refractivity contribution in [3.63, 3.8) is 0 Å². The monoisotopic (exact) mass is 599 g/mol. The molecule has 1 unspecified atom stereocenters. The summed E-state index contributed by atoms with van der Waals surface area (Å²) >= 11 is 0. The number of carbonyl (C=O) groups is 1. The van der Waals surface area contributed by atoms with E-state index in [9.17, 15) is 14.3 Å². The summed E-state index contributed by atoms with van der Waals surface area (Å²) in [5.41, 5.74) is 11.1. The number of nitrogens with zero attached hydrogens (tertiary/aromatic N) is 4. The largest absolute Gasteiger partial charge is 0.529 e. The molecule has 0 spiro atoms. The smallest absolute Gasteiger partial charge is 0.369 e. The van der Waals surface area contributed by atoms with Crippen LogP contribution in [0.4, 0.5) is 11.8 Å². The fourth-order valence-electron chi connectivity index (χ4n) is 4.75. The first-order valence-electron chi connectivity index (χ1n) is 14.3. The predicted octanol–water partition coefficient (Wildman–Crippen LogP) is 4.08. The Hall–Kier alpha value is -3.35. The number of unbranched alkanes of at least 4 members (excludes halogenated alkanes) is 2. The Kier molecular flexibility index (Phi) is 9.86. The van der Waals surface area contributed by atoms with Crippen LogP contribution in [-0.4, -0.2) is 55.7 Å². The minimum absolute atomic E-state index is 0.104. The van der Waals surface area contributed by atoms with Gasteiger partial charge in [-0.05, 0) is 51.0 Å². The third-order valence-corrected chi connectivity index (χ3v) is 8.08. The van der Waals surface area contributed by atoms with Crippen LogP contribution in [0.5, 0.6) is 0 Å². The highest BCUT2D eigenvalue weighted by Crippen LogP contribution is 2.45. The van der Waals surface area contributed by atoms with Gasteiger partial charge in [-0.2, -0.15) is 15.4 Å². The lowest BCUT2D eigenvalue weighted by molar-refractivity contribution is -0.142. The van der Waals surface area contributed by atoms with Crippen LogP contribution in [0.2, 0.25) is 0 Å². The van der Waals surface area contributed by atoms with Gasteiger partial charge in [0, 0.05) is 12.0 Å². The number of nitrogens with two attached hydrogens (primary N) is 1. The first kappa shape index (κ1) is 30.1. The predicted molar refractivity (Wildman–Crippen MR) is 157 cm³/mol. The highest BCUT2D eigenvalue weighted by molar-refractivity contribution is 7.48. The first-order chi connectivity index (χ1) is 20.3. The highest BCUT2D eigenvalue weighted by Gasteiger charge is 2.32. The Morgan fingerprint density at radius 1 is 1.19 bits per heavy atom. The van der Waals surface area contributed by atoms with Crippen LogP contribution >= 0.6 is 7.82 Å². The van der Waals surface area contributed by atoms with Gasteiger partial charge >= 0.3 is 13.8 Å². The molecule has 1 aromatic carbocycles. The molecular weight excluding hydrogens is 561 g/mol. The second kappa shape index (κ2) is 13.7. The number of hydrogen-bond donors (Lipinski definition) is 4. The van der Waals surface area contributed by atoms with Crippen molar-refractivity contribution in [3.8, 4) is 0 Å². The van der Waals surface area contributed by atoms with Gasteiger partial charge in [0.15, 0.2) is 17.0 Å². The van der Waals surface area contributed by atoms with Crippen molar-refractivity contribution in [3.05, 3.63) is 54.4 Å². The molecule has 2 aliphatic rings. The van der Waals surface area contributed by atoms with Gasteiger partial charge in [0.1, 0.15) is 6.04 Å². The van der Waals surface area contributed by atoms with Crippen molar-refractivity contribution in [2.24, 2.45) is 5.92 Å². The molecule has 0 radical (unpaired) electrons. The maximum Gasteiger partial charge on any atom is 0.529 e. The standard InChI is InChI=1S/C28H38N7O6P/c1-19(34-39-15-7-3-6-10-20-8-4-2-5-9-20)27(36)41-42(37,38)40-17-21-11-14-23(16-21)35-18-30-24-25(31-22-12-13-22)32-28(29)33-26(24)35/h2,4-5,8-9,11,14,18-19,21-23,34H,3,6-7,10,12-13,15-17H2,1H3,(H,37,38)(H3,29,31,32,33)/t19-,21+,23-/m0/s1. The molecule has 0 bridgehead atoms. The Balaban J connectivity index is 1.01. The minimum Gasteiger partial charge on any atom is -0.369 e. The molecule has 2 aromatic heterocycles. The zero-order valence-corrected chi connectivity index (χ0v) is 24.5. The van der Waals surface area contributed by atoms with E-state index in [1.165, 1.54) is 12.5 Å². The number of allylic oxidation sites excluding steroid dienone is 1. The quantitative estimate of drug-likeness (QED) is 0.0804. The van der Waals surface area contributed by atoms with Gasteiger partial charge in [-0.25, -0.2) is 14.3 Å². The molecule has 5 N–H and O–H groups in total. The lowest BCUT2D eigenvalue weighted by Crippen LogP contribution is -2.35. The lowest BCUT2D eigenvalue weighted by Gasteiger charge is -2.18. The van der Waals surface area contributed by atoms with Crippen molar-refractivity contribution < 1.29 is 28.1 Å². The zero-order chi connectivity index (χ0) is 29.5. The molecule has 42 heavy (non-hydrogen) atoms. The summed E-state index contributed by atoms with van der Waals surface area (Å²) in [5, 5.41) is 3.34. The van der Waals surface area contributed by atoms with E-state index < -0.39 is 19.8 Å². The van der Waals surface area contributed by atoms with E-state index in [1.54, 1.807) is 6.33 Å². The summed E-state index contributed by atoms with van der Waals surface area (Å²) in [6.45, 7) is 1.78. The number of phosphoric acid groups is 1. The average molecular weight is 600 g/mol. The maximum absolute atomic E-state index is 12.4. The van der Waals surface area contributed by atoms with Gasteiger partial charge in [0.25, 0.3) is 0 Å². The second-order valence-corrected chi connectivity index (χ2v) is 12.2. The number of carbonyl (C=O) groups excluding carboxylic acids is 1. The van der Waals surface area contributed by atoms with Crippen LogP contribution in [0.25, 0.3) is 11.2 Å². The van der Waals surface area contributed by atoms with Crippen molar-refractivity contribution in [2.45, 2.75) is 70.0 Å². The lowest BCUT2D eigenvalue weighted by atomic mass is 10.1. The summed E-state index contributed by atoms with van der Waals surface area (Å²) in [4.78, 5) is 40.9. The van der Waals surface area contributed by atoms with E-state index in [0.717, 1.165) is 38.5 Å². The number of hydroxylamine groups is 1. The fraction of sp³-hybridized carbons (Fsp3) is 0.500. The van der Waals surface area contributed by atoms with Crippen molar-refractivity contribution in [1.82, 2.24) is 25.0 Å². The Labute approximate surface area is 244 Å². The normalized spacial score (nSPS) is 20.4. The topological polar surface area (TPSA) is 176 Å². The molecular formula is C28H38N7O6P. The second-order valence-electron chi connectivity index (χ2n) is 10.8. The minimum atomic E-state index is -4.62. The average Bonchev–Trinajstić information content (AvgIpc) is 3.47. The Bertz CT molecular complexity index is 1430. The zero-order valence-electron chi connectivity index (χ0n) is 23.6. The van der Waals surface area contributed by atoms with Crippen LogP contribution in [0, 0.1) is 5.92 Å². The van der Waals surface area contributed by atoms with Crippen LogP contribution < -0.4 is 16.5 Å². The number of rotatable bonds is 16. The first-order valence-corrected chi connectivity index (χ1v) is 15.8. The van der Waals surface area contributed by atoms with E-state index in [4.69, 9.17) is 19.6 Å². The Morgan fingerprint density at radius 3 is 2.79 bits per heavy atom. The highest BCUT2D eigenvalue weighted by atomic mass is 31.2. The number of fused-ring (bicyclic) bond motifs is 1. The molecule has 3 aromatic rings. The fourth-order valence-corrected chi connectivity index (χ4v) is 5.56. The molecule has 0 saturated heterocycles. The van der Waals surface area contributed by atoms with Crippen LogP contribution in [0.3, 0.4) is 0 Å². The van der Waals surface area contributed by atoms with Crippen LogP contribution in [0.15, 0.2) is 48.8 Å². The number of hydrogen-bond acceptors (Lipinski definition) is 11. The van der Waals surface area contributed by atoms with E-state index in [0.29, 0.717) is 36.1 Å². The third kappa shape index (κ3) is 8.36. The molecule has 1 saturated carbocycles. The molecule has 226 valence electrons. The summed E-state index contributed by atoms with van der Waals surface area (Å²) in [6.07, 6.45) is 12.1. The van der Waals surface area contributed by atoms with E-state index in [1.807, 2.05) is 34.9 Å². The number of nitrogens with one attached hydrogen (secondary N) is 2. The molecule has 13 nitrogen and oxygen atoms in total. The number of aromatic nitrogens is 4. The summed E-state index contributed by atoms with van der Waals surface area (Å²) < 4.78 is 24.3. The molecule has 5 rings (SSSR count). The number of benzene rings is 1.